The molecule has 0 fully saturated rings. The Labute approximate surface area is 81.1 Å². The lowest BCUT2D eigenvalue weighted by Gasteiger charge is -2.04. The molecule has 0 aromatic rings. The normalized spacial score (nSPS) is 10.3. The van der Waals surface area contributed by atoms with Crippen molar-refractivity contribution < 1.29 is 4.79 Å². The van der Waals surface area contributed by atoms with Gasteiger partial charge >= 0.3 is 0 Å². The van der Waals surface area contributed by atoms with E-state index in [1.807, 2.05) is 0 Å². The maximum atomic E-state index is 10.6. The summed E-state index contributed by atoms with van der Waals surface area (Å²) in [5, 5.41) is 3.27. The Morgan fingerprint density at radius 2 is 1.85 bits per heavy atom. The van der Waals surface area contributed by atoms with E-state index in [9.17, 15) is 4.79 Å². The standard InChI is InChI=1S/C10H21N2O/c1-10(13)6-3-2-4-8-12-9-5-7-11/h11-12H,2-9H2,1H3/q-1. The Balaban J connectivity index is 2.87. The number of ketones is 1. The van der Waals surface area contributed by atoms with Crippen molar-refractivity contribution in [1.82, 2.24) is 5.32 Å². The van der Waals surface area contributed by atoms with E-state index >= 15 is 0 Å². The Bertz CT molecular complexity index is 126. The van der Waals surface area contributed by atoms with Crippen LogP contribution in [0.25, 0.3) is 5.73 Å². The molecular formula is C10H21N2O-. The third-order valence-electron chi connectivity index (χ3n) is 1.91. The van der Waals surface area contributed by atoms with Crippen LogP contribution in [0.4, 0.5) is 0 Å². The number of unbranched alkanes of at least 4 members (excludes halogenated alkanes) is 2. The van der Waals surface area contributed by atoms with Crippen molar-refractivity contribution in [3.8, 4) is 0 Å². The van der Waals surface area contributed by atoms with E-state index in [-0.39, 0.29) is 0 Å². The molecule has 0 aromatic carbocycles. The van der Waals surface area contributed by atoms with Crippen molar-refractivity contribution in [3.05, 3.63) is 5.73 Å². The van der Waals surface area contributed by atoms with E-state index in [4.69, 9.17) is 5.73 Å². The van der Waals surface area contributed by atoms with Crippen LogP contribution in [0.3, 0.4) is 0 Å². The maximum Gasteiger partial charge on any atom is 0.129 e. The van der Waals surface area contributed by atoms with E-state index in [1.165, 1.54) is 0 Å². The molecule has 0 rings (SSSR count). The first-order chi connectivity index (χ1) is 6.27. The molecule has 2 N–H and O–H groups in total. The monoisotopic (exact) mass is 185 g/mol. The molecule has 0 aliphatic heterocycles. The summed E-state index contributed by atoms with van der Waals surface area (Å²) in [6.45, 7) is 4.14. The van der Waals surface area contributed by atoms with Crippen LogP contribution in [0.1, 0.15) is 39.0 Å². The van der Waals surface area contributed by atoms with Crippen molar-refractivity contribution in [3.63, 3.8) is 0 Å². The lowest BCUT2D eigenvalue weighted by molar-refractivity contribution is -0.117. The Kier molecular flexibility index (Phi) is 9.37. The molecule has 0 bridgehead atoms. The van der Waals surface area contributed by atoms with Gasteiger partial charge in [0, 0.05) is 6.42 Å². The minimum atomic E-state index is 0.294. The highest BCUT2D eigenvalue weighted by molar-refractivity contribution is 5.75. The van der Waals surface area contributed by atoms with Gasteiger partial charge in [0.1, 0.15) is 5.78 Å². The molecule has 3 heteroatoms. The summed E-state index contributed by atoms with van der Waals surface area (Å²) in [5.74, 6) is 0.294. The zero-order chi connectivity index (χ0) is 9.94. The summed E-state index contributed by atoms with van der Waals surface area (Å²) in [6.07, 6.45) is 4.97. The number of carbonyl (C=O) groups excluding carboxylic acids is 1. The van der Waals surface area contributed by atoms with Crippen LogP contribution in [-0.4, -0.2) is 25.4 Å². The first-order valence-electron chi connectivity index (χ1n) is 5.12. The molecule has 13 heavy (non-hydrogen) atoms. The lowest BCUT2D eigenvalue weighted by Crippen LogP contribution is -2.17. The molecule has 0 radical (unpaired) electrons. The summed E-state index contributed by atoms with van der Waals surface area (Å²) < 4.78 is 0. The average Bonchev–Trinajstić information content (AvgIpc) is 2.09. The fourth-order valence-corrected chi connectivity index (χ4v) is 1.14. The largest absolute Gasteiger partial charge is 0.677 e. The van der Waals surface area contributed by atoms with E-state index in [0.717, 1.165) is 45.2 Å². The maximum absolute atomic E-state index is 10.6. The van der Waals surface area contributed by atoms with Crippen LogP contribution in [-0.2, 0) is 4.79 Å². The smallest absolute Gasteiger partial charge is 0.129 e. The van der Waals surface area contributed by atoms with Crippen molar-refractivity contribution in [2.75, 3.05) is 19.6 Å². The average molecular weight is 185 g/mol. The minimum absolute atomic E-state index is 0.294. The molecule has 78 valence electrons. The van der Waals surface area contributed by atoms with Crippen LogP contribution < -0.4 is 5.32 Å². The van der Waals surface area contributed by atoms with E-state index in [1.54, 1.807) is 6.92 Å². The number of carbonyl (C=O) groups is 1. The quantitative estimate of drug-likeness (QED) is 0.560. The van der Waals surface area contributed by atoms with E-state index < -0.39 is 0 Å². The minimum Gasteiger partial charge on any atom is -0.677 e. The molecule has 0 spiro atoms. The number of hydrogen-bond acceptors (Lipinski definition) is 2. The van der Waals surface area contributed by atoms with E-state index in [0.29, 0.717) is 12.3 Å². The van der Waals surface area contributed by atoms with Gasteiger partial charge in [0.2, 0.25) is 0 Å². The zero-order valence-corrected chi connectivity index (χ0v) is 8.57. The number of hydrogen-bond donors (Lipinski definition) is 1. The highest BCUT2D eigenvalue weighted by atomic mass is 16.1. The van der Waals surface area contributed by atoms with Gasteiger partial charge < -0.3 is 15.8 Å². The second kappa shape index (κ2) is 9.68. The second-order valence-electron chi connectivity index (χ2n) is 3.37. The van der Waals surface area contributed by atoms with Gasteiger partial charge in [-0.1, -0.05) is 12.8 Å². The molecule has 0 aromatic heterocycles. The molecule has 0 aliphatic carbocycles. The highest BCUT2D eigenvalue weighted by Gasteiger charge is 1.93. The fourth-order valence-electron chi connectivity index (χ4n) is 1.14. The number of nitrogens with one attached hydrogen (secondary N) is 2. The summed E-state index contributed by atoms with van der Waals surface area (Å²) in [5.41, 5.74) is 6.92. The molecule has 0 saturated heterocycles. The second-order valence-corrected chi connectivity index (χ2v) is 3.37. The summed E-state index contributed by atoms with van der Waals surface area (Å²) >= 11 is 0. The third-order valence-corrected chi connectivity index (χ3v) is 1.91. The molecular weight excluding hydrogens is 164 g/mol. The van der Waals surface area contributed by atoms with Gasteiger partial charge in [-0.15, -0.1) is 6.54 Å². The van der Waals surface area contributed by atoms with Gasteiger partial charge in [-0.3, -0.25) is 0 Å². The Morgan fingerprint density at radius 3 is 2.46 bits per heavy atom. The third kappa shape index (κ3) is 11.6. The van der Waals surface area contributed by atoms with Crippen LogP contribution in [0.5, 0.6) is 0 Å². The van der Waals surface area contributed by atoms with Gasteiger partial charge in [-0.25, -0.2) is 0 Å². The molecule has 0 aliphatic rings. The van der Waals surface area contributed by atoms with Gasteiger partial charge in [-0.2, -0.15) is 0 Å². The number of rotatable bonds is 9. The summed E-state index contributed by atoms with van der Waals surface area (Å²) in [7, 11) is 0. The topological polar surface area (TPSA) is 52.9 Å². The lowest BCUT2D eigenvalue weighted by atomic mass is 10.1. The molecule has 3 nitrogen and oxygen atoms in total. The van der Waals surface area contributed by atoms with Crippen LogP contribution >= 0.6 is 0 Å². The highest BCUT2D eigenvalue weighted by Crippen LogP contribution is 1.99. The summed E-state index contributed by atoms with van der Waals surface area (Å²) in [6, 6.07) is 0. The fraction of sp³-hybridized carbons (Fsp3) is 0.900. The van der Waals surface area contributed by atoms with Crippen molar-refractivity contribution >= 4 is 5.78 Å². The Hall–Kier alpha value is -0.410. The van der Waals surface area contributed by atoms with Crippen LogP contribution in [0, 0.1) is 0 Å². The molecule has 0 unspecified atom stereocenters. The first kappa shape index (κ1) is 12.6. The molecule has 0 heterocycles. The predicted octanol–water partition coefficient (Wildman–Crippen LogP) is 2.17. The Morgan fingerprint density at radius 1 is 1.15 bits per heavy atom. The number of Topliss-reactive ketones (excluding diaryl/α,β-unsaturated/α-hetero) is 1. The molecule has 0 amide bonds. The van der Waals surface area contributed by atoms with Gasteiger partial charge in [0.15, 0.2) is 0 Å². The summed E-state index contributed by atoms with van der Waals surface area (Å²) in [4.78, 5) is 10.6. The van der Waals surface area contributed by atoms with Crippen molar-refractivity contribution in [2.24, 2.45) is 0 Å². The molecule has 0 saturated carbocycles. The first-order valence-corrected chi connectivity index (χ1v) is 5.12. The molecule has 0 atom stereocenters. The van der Waals surface area contributed by atoms with Gasteiger partial charge in [0.05, 0.1) is 0 Å². The van der Waals surface area contributed by atoms with E-state index in [2.05, 4.69) is 5.32 Å². The van der Waals surface area contributed by atoms with Crippen LogP contribution in [0.15, 0.2) is 0 Å². The van der Waals surface area contributed by atoms with Crippen molar-refractivity contribution in [2.45, 2.75) is 39.0 Å². The van der Waals surface area contributed by atoms with Crippen molar-refractivity contribution in [1.29, 1.82) is 0 Å². The van der Waals surface area contributed by atoms with Crippen LogP contribution in [0.2, 0.25) is 0 Å². The van der Waals surface area contributed by atoms with Gasteiger partial charge in [0.25, 0.3) is 0 Å². The SMILES string of the molecule is CC(=O)CCCCCNCCC[NH-]. The zero-order valence-electron chi connectivity index (χ0n) is 8.57. The predicted molar refractivity (Wildman–Crippen MR) is 55.8 cm³/mol. The van der Waals surface area contributed by atoms with Gasteiger partial charge in [-0.05, 0) is 32.9 Å².